The number of aryl methyl sites for hydroxylation is 1. The van der Waals surface area contributed by atoms with Crippen molar-refractivity contribution in [2.24, 2.45) is 0 Å². The first kappa shape index (κ1) is 21.2. The summed E-state index contributed by atoms with van der Waals surface area (Å²) in [5, 5.41) is 0. The maximum Gasteiger partial charge on any atom is 0.224 e. The van der Waals surface area contributed by atoms with Gasteiger partial charge in [-0.15, -0.1) is 0 Å². The summed E-state index contributed by atoms with van der Waals surface area (Å²) < 4.78 is 10.8. The van der Waals surface area contributed by atoms with Crippen LogP contribution in [0.4, 0.5) is 5.69 Å². The molecule has 0 aromatic heterocycles. The minimum Gasteiger partial charge on any atom is -0.497 e. The minimum absolute atomic E-state index is 0.116. The van der Waals surface area contributed by atoms with Crippen LogP contribution < -0.4 is 14.4 Å². The number of ether oxygens (including phenoxy) is 2. The van der Waals surface area contributed by atoms with E-state index in [4.69, 9.17) is 9.47 Å². The standard InChI is InChI=1S/C24H32N2O3/c1-5-19-6-8-21(9-7-19)26(18(2)27)22-10-12-25(13-11-22)17-20-14-23(28-3)16-24(15-20)29-4/h6-9,14-16,22H,5,10-13,17H2,1-4H3. The van der Waals surface area contributed by atoms with E-state index < -0.39 is 0 Å². The molecule has 0 saturated carbocycles. The zero-order chi connectivity index (χ0) is 20.8. The second kappa shape index (κ2) is 9.79. The first-order valence-corrected chi connectivity index (χ1v) is 10.4. The van der Waals surface area contributed by atoms with E-state index in [1.54, 1.807) is 21.1 Å². The van der Waals surface area contributed by atoms with Crippen LogP contribution in [0.1, 0.15) is 37.8 Å². The number of rotatable bonds is 7. The monoisotopic (exact) mass is 396 g/mol. The van der Waals surface area contributed by atoms with Crippen LogP contribution in [0.15, 0.2) is 42.5 Å². The van der Waals surface area contributed by atoms with Crippen molar-refractivity contribution in [1.82, 2.24) is 4.90 Å². The zero-order valence-corrected chi connectivity index (χ0v) is 18.0. The number of carbonyl (C=O) groups is 1. The largest absolute Gasteiger partial charge is 0.497 e. The second-order valence-corrected chi connectivity index (χ2v) is 7.64. The molecular weight excluding hydrogens is 364 g/mol. The lowest BCUT2D eigenvalue weighted by atomic mass is 10.0. The van der Waals surface area contributed by atoms with Crippen molar-refractivity contribution in [3.63, 3.8) is 0 Å². The Morgan fingerprint density at radius 2 is 1.59 bits per heavy atom. The number of piperidine rings is 1. The molecule has 0 radical (unpaired) electrons. The molecule has 2 aromatic rings. The quantitative estimate of drug-likeness (QED) is 0.700. The van der Waals surface area contributed by atoms with Gasteiger partial charge in [-0.25, -0.2) is 0 Å². The Bertz CT molecular complexity index is 789. The highest BCUT2D eigenvalue weighted by atomic mass is 16.5. The molecule has 29 heavy (non-hydrogen) atoms. The van der Waals surface area contributed by atoms with Crippen molar-refractivity contribution < 1.29 is 14.3 Å². The van der Waals surface area contributed by atoms with Crippen LogP contribution in [-0.4, -0.2) is 44.2 Å². The molecule has 5 nitrogen and oxygen atoms in total. The Labute approximate surface area is 174 Å². The summed E-state index contributed by atoms with van der Waals surface area (Å²) in [4.78, 5) is 16.8. The fourth-order valence-electron chi connectivity index (χ4n) is 4.09. The van der Waals surface area contributed by atoms with E-state index in [0.717, 1.165) is 56.1 Å². The third-order valence-electron chi connectivity index (χ3n) is 5.70. The van der Waals surface area contributed by atoms with E-state index in [2.05, 4.69) is 48.2 Å². The maximum atomic E-state index is 12.4. The van der Waals surface area contributed by atoms with Crippen LogP contribution in [0, 0.1) is 0 Å². The molecule has 0 unspecified atom stereocenters. The van der Waals surface area contributed by atoms with Gasteiger partial charge in [0.25, 0.3) is 0 Å². The summed E-state index contributed by atoms with van der Waals surface area (Å²) in [5.74, 6) is 1.74. The Morgan fingerprint density at radius 1 is 1.00 bits per heavy atom. The fourth-order valence-corrected chi connectivity index (χ4v) is 4.09. The summed E-state index contributed by atoms with van der Waals surface area (Å²) >= 11 is 0. The molecular formula is C24H32N2O3. The summed E-state index contributed by atoms with van der Waals surface area (Å²) in [6.45, 7) is 6.58. The normalized spacial score (nSPS) is 15.2. The fraction of sp³-hybridized carbons (Fsp3) is 0.458. The molecule has 2 aromatic carbocycles. The van der Waals surface area contributed by atoms with Gasteiger partial charge in [-0.2, -0.15) is 0 Å². The molecule has 0 aliphatic carbocycles. The van der Waals surface area contributed by atoms with Gasteiger partial charge in [0.1, 0.15) is 11.5 Å². The summed E-state index contributed by atoms with van der Waals surface area (Å²) in [7, 11) is 3.35. The van der Waals surface area contributed by atoms with E-state index in [9.17, 15) is 4.79 Å². The Hall–Kier alpha value is -2.53. The highest BCUT2D eigenvalue weighted by molar-refractivity contribution is 5.92. The van der Waals surface area contributed by atoms with E-state index in [1.165, 1.54) is 11.1 Å². The number of anilines is 1. The highest BCUT2D eigenvalue weighted by Gasteiger charge is 2.27. The lowest BCUT2D eigenvalue weighted by molar-refractivity contribution is -0.117. The van der Waals surface area contributed by atoms with Gasteiger partial charge in [0.15, 0.2) is 0 Å². The molecule has 0 atom stereocenters. The average Bonchev–Trinajstić information content (AvgIpc) is 2.75. The van der Waals surface area contributed by atoms with Gasteiger partial charge in [0.05, 0.1) is 14.2 Å². The van der Waals surface area contributed by atoms with Crippen molar-refractivity contribution in [2.75, 3.05) is 32.2 Å². The maximum absolute atomic E-state index is 12.4. The lowest BCUT2D eigenvalue weighted by Crippen LogP contribution is -2.46. The topological polar surface area (TPSA) is 42.0 Å². The molecule has 1 fully saturated rings. The zero-order valence-electron chi connectivity index (χ0n) is 18.0. The average molecular weight is 397 g/mol. The number of carbonyl (C=O) groups excluding carboxylic acids is 1. The smallest absolute Gasteiger partial charge is 0.224 e. The van der Waals surface area contributed by atoms with Crippen molar-refractivity contribution in [2.45, 2.75) is 45.7 Å². The highest BCUT2D eigenvalue weighted by Crippen LogP contribution is 2.27. The van der Waals surface area contributed by atoms with Gasteiger partial charge in [-0.05, 0) is 54.7 Å². The van der Waals surface area contributed by atoms with Crippen molar-refractivity contribution >= 4 is 11.6 Å². The third-order valence-corrected chi connectivity index (χ3v) is 5.70. The van der Waals surface area contributed by atoms with Gasteiger partial charge in [0, 0.05) is 44.4 Å². The van der Waals surface area contributed by atoms with Crippen molar-refractivity contribution in [3.8, 4) is 11.5 Å². The van der Waals surface area contributed by atoms with Crippen LogP contribution in [0.25, 0.3) is 0 Å². The van der Waals surface area contributed by atoms with Crippen LogP contribution in [0.5, 0.6) is 11.5 Å². The van der Waals surface area contributed by atoms with Gasteiger partial charge in [-0.1, -0.05) is 19.1 Å². The van der Waals surface area contributed by atoms with Crippen LogP contribution in [0.2, 0.25) is 0 Å². The molecule has 0 spiro atoms. The van der Waals surface area contributed by atoms with Crippen molar-refractivity contribution in [3.05, 3.63) is 53.6 Å². The predicted octanol–water partition coefficient (Wildman–Crippen LogP) is 4.28. The Kier molecular flexibility index (Phi) is 7.15. The summed E-state index contributed by atoms with van der Waals surface area (Å²) in [6.07, 6.45) is 2.94. The van der Waals surface area contributed by atoms with E-state index in [0.29, 0.717) is 0 Å². The summed E-state index contributed by atoms with van der Waals surface area (Å²) in [5.41, 5.74) is 3.48. The minimum atomic E-state index is 0.116. The molecule has 0 bridgehead atoms. The van der Waals surface area contributed by atoms with Crippen LogP contribution in [-0.2, 0) is 17.8 Å². The second-order valence-electron chi connectivity index (χ2n) is 7.64. The molecule has 156 valence electrons. The number of nitrogens with zero attached hydrogens (tertiary/aromatic N) is 2. The number of methoxy groups -OCH3 is 2. The Morgan fingerprint density at radius 3 is 2.07 bits per heavy atom. The molecule has 0 N–H and O–H groups in total. The van der Waals surface area contributed by atoms with Crippen molar-refractivity contribution in [1.29, 1.82) is 0 Å². The van der Waals surface area contributed by atoms with E-state index >= 15 is 0 Å². The Balaban J connectivity index is 1.64. The van der Waals surface area contributed by atoms with Gasteiger partial charge < -0.3 is 14.4 Å². The molecule has 1 aliphatic heterocycles. The number of amides is 1. The number of hydrogen-bond acceptors (Lipinski definition) is 4. The number of benzene rings is 2. The SMILES string of the molecule is CCc1ccc(N(C(C)=O)C2CCN(Cc3cc(OC)cc(OC)c3)CC2)cc1. The molecule has 5 heteroatoms. The van der Waals surface area contributed by atoms with Gasteiger partial charge in [0.2, 0.25) is 5.91 Å². The molecule has 3 rings (SSSR count). The van der Waals surface area contributed by atoms with Crippen LogP contribution >= 0.6 is 0 Å². The van der Waals surface area contributed by atoms with Gasteiger partial charge >= 0.3 is 0 Å². The molecule has 1 aliphatic rings. The number of likely N-dealkylation sites (tertiary alicyclic amines) is 1. The van der Waals surface area contributed by atoms with Crippen LogP contribution in [0.3, 0.4) is 0 Å². The lowest BCUT2D eigenvalue weighted by Gasteiger charge is -2.38. The molecule has 1 saturated heterocycles. The first-order chi connectivity index (χ1) is 14.0. The predicted molar refractivity (Wildman–Crippen MR) is 117 cm³/mol. The van der Waals surface area contributed by atoms with E-state index in [-0.39, 0.29) is 11.9 Å². The van der Waals surface area contributed by atoms with E-state index in [1.807, 2.05) is 11.0 Å². The third kappa shape index (κ3) is 5.30. The number of hydrogen-bond donors (Lipinski definition) is 0. The van der Waals surface area contributed by atoms with Gasteiger partial charge in [-0.3, -0.25) is 9.69 Å². The first-order valence-electron chi connectivity index (χ1n) is 10.4. The summed E-state index contributed by atoms with van der Waals surface area (Å²) in [6, 6.07) is 14.7. The molecule has 1 heterocycles. The molecule has 1 amide bonds.